The van der Waals surface area contributed by atoms with Crippen molar-refractivity contribution in [3.63, 3.8) is 0 Å². The van der Waals surface area contributed by atoms with Crippen LogP contribution in [-0.2, 0) is 27.8 Å². The van der Waals surface area contributed by atoms with Crippen molar-refractivity contribution in [2.45, 2.75) is 24.8 Å². The second-order valence-electron chi connectivity index (χ2n) is 7.11. The molecule has 0 aliphatic rings. The first-order valence-corrected chi connectivity index (χ1v) is 11.4. The van der Waals surface area contributed by atoms with Gasteiger partial charge in [0.05, 0.1) is 17.4 Å². The Morgan fingerprint density at radius 3 is 2.38 bits per heavy atom. The fourth-order valence-electron chi connectivity index (χ4n) is 2.95. The van der Waals surface area contributed by atoms with Crippen LogP contribution in [0.25, 0.3) is 0 Å². The monoisotopic (exact) mass is 449 g/mol. The molecule has 1 amide bonds. The van der Waals surface area contributed by atoms with E-state index in [1.165, 1.54) is 18.2 Å². The Bertz CT molecular complexity index is 1220. The molecule has 0 heterocycles. The zero-order valence-corrected chi connectivity index (χ0v) is 18.4. The van der Waals surface area contributed by atoms with Crippen LogP contribution in [0.2, 0.25) is 0 Å². The Balaban J connectivity index is 1.56. The predicted octanol–water partition coefficient (Wildman–Crippen LogP) is 3.56. The lowest BCUT2D eigenvalue weighted by Crippen LogP contribution is -2.23. The zero-order chi connectivity index (χ0) is 23.0. The van der Waals surface area contributed by atoms with Gasteiger partial charge in [-0.15, -0.1) is 0 Å². The maximum Gasteiger partial charge on any atom is 0.262 e. The molecule has 3 aromatic rings. The van der Waals surface area contributed by atoms with Gasteiger partial charge < -0.3 is 10.1 Å². The van der Waals surface area contributed by atoms with E-state index in [0.717, 1.165) is 11.1 Å². The molecule has 0 aliphatic heterocycles. The molecule has 7 nitrogen and oxygen atoms in total. The zero-order valence-electron chi connectivity index (χ0n) is 17.5. The number of amides is 1. The number of ether oxygens (including phenoxy) is 1. The number of nitrogens with zero attached hydrogens (tertiary/aromatic N) is 1. The van der Waals surface area contributed by atoms with Gasteiger partial charge >= 0.3 is 0 Å². The molecule has 32 heavy (non-hydrogen) atoms. The number of sulfonamides is 1. The molecule has 0 saturated carbocycles. The van der Waals surface area contributed by atoms with Crippen LogP contribution < -0.4 is 14.8 Å². The largest absolute Gasteiger partial charge is 0.483 e. The van der Waals surface area contributed by atoms with Crippen molar-refractivity contribution in [2.24, 2.45) is 0 Å². The van der Waals surface area contributed by atoms with Gasteiger partial charge in [-0.1, -0.05) is 42.5 Å². The number of benzene rings is 3. The Labute approximate surface area is 187 Å². The summed E-state index contributed by atoms with van der Waals surface area (Å²) >= 11 is 0. The van der Waals surface area contributed by atoms with Crippen molar-refractivity contribution in [3.05, 3.63) is 89.5 Å². The van der Waals surface area contributed by atoms with E-state index in [1.54, 1.807) is 31.2 Å². The number of aryl methyl sites for hydroxylation is 1. The van der Waals surface area contributed by atoms with Crippen LogP contribution in [0.15, 0.2) is 77.7 Å². The Morgan fingerprint density at radius 1 is 1.00 bits per heavy atom. The maximum absolute atomic E-state index is 12.6. The van der Waals surface area contributed by atoms with E-state index in [1.807, 2.05) is 30.3 Å². The first kappa shape index (κ1) is 23.0. The topological polar surface area (TPSA) is 108 Å². The Kier molecular flexibility index (Phi) is 7.60. The minimum absolute atomic E-state index is 0.125. The molecular formula is C24H23N3O4S. The molecule has 0 aromatic heterocycles. The molecule has 0 saturated heterocycles. The number of hydrogen-bond donors (Lipinski definition) is 2. The number of rotatable bonds is 9. The van der Waals surface area contributed by atoms with Gasteiger partial charge in [0, 0.05) is 12.2 Å². The molecule has 3 aromatic carbocycles. The van der Waals surface area contributed by atoms with E-state index in [2.05, 4.69) is 16.1 Å². The fourth-order valence-corrected chi connectivity index (χ4v) is 4.05. The van der Waals surface area contributed by atoms with E-state index in [4.69, 9.17) is 10.00 Å². The third-order valence-electron chi connectivity index (χ3n) is 4.65. The quantitative estimate of drug-likeness (QED) is 0.519. The third kappa shape index (κ3) is 6.41. The predicted molar refractivity (Wildman–Crippen MR) is 122 cm³/mol. The van der Waals surface area contributed by atoms with Crippen LogP contribution in [-0.4, -0.2) is 20.9 Å². The number of carbonyl (C=O) groups is 1. The summed E-state index contributed by atoms with van der Waals surface area (Å²) < 4.78 is 33.3. The lowest BCUT2D eigenvalue weighted by atomic mass is 10.1. The van der Waals surface area contributed by atoms with Crippen molar-refractivity contribution >= 4 is 21.6 Å². The summed E-state index contributed by atoms with van der Waals surface area (Å²) in [6.45, 7) is 1.69. The van der Waals surface area contributed by atoms with Gasteiger partial charge in [0.1, 0.15) is 5.75 Å². The van der Waals surface area contributed by atoms with Crippen molar-refractivity contribution in [1.82, 2.24) is 4.72 Å². The van der Waals surface area contributed by atoms with Crippen LogP contribution in [0.3, 0.4) is 0 Å². The molecule has 2 N–H and O–H groups in total. The van der Waals surface area contributed by atoms with E-state index >= 15 is 0 Å². The van der Waals surface area contributed by atoms with Gasteiger partial charge in [-0.2, -0.15) is 5.26 Å². The summed E-state index contributed by atoms with van der Waals surface area (Å²) in [5, 5.41) is 11.4. The minimum Gasteiger partial charge on any atom is -0.483 e. The van der Waals surface area contributed by atoms with Gasteiger partial charge in [0.2, 0.25) is 10.0 Å². The molecule has 8 heteroatoms. The Hall–Kier alpha value is -3.67. The second-order valence-corrected chi connectivity index (χ2v) is 8.87. The van der Waals surface area contributed by atoms with Crippen molar-refractivity contribution in [1.29, 1.82) is 5.26 Å². The molecular weight excluding hydrogens is 426 g/mol. The van der Waals surface area contributed by atoms with Crippen LogP contribution in [0.5, 0.6) is 5.75 Å². The molecule has 0 spiro atoms. The van der Waals surface area contributed by atoms with Gasteiger partial charge in [-0.3, -0.25) is 4.79 Å². The number of carbonyl (C=O) groups excluding carboxylic acids is 1. The molecule has 0 radical (unpaired) electrons. The summed E-state index contributed by atoms with van der Waals surface area (Å²) in [6, 6.07) is 22.8. The lowest BCUT2D eigenvalue weighted by Gasteiger charge is -2.12. The third-order valence-corrected chi connectivity index (χ3v) is 6.04. The average molecular weight is 450 g/mol. The molecule has 0 fully saturated rings. The van der Waals surface area contributed by atoms with Gasteiger partial charge in [0.15, 0.2) is 6.61 Å². The van der Waals surface area contributed by atoms with Crippen molar-refractivity contribution in [2.75, 3.05) is 11.9 Å². The highest BCUT2D eigenvalue weighted by Gasteiger charge is 2.16. The number of nitrogens with one attached hydrogen (secondary N) is 2. The highest BCUT2D eigenvalue weighted by molar-refractivity contribution is 7.89. The summed E-state index contributed by atoms with van der Waals surface area (Å²) in [4.78, 5) is 12.3. The Morgan fingerprint density at radius 2 is 1.72 bits per heavy atom. The molecule has 0 atom stereocenters. The van der Waals surface area contributed by atoms with Crippen molar-refractivity contribution in [3.8, 4) is 11.8 Å². The molecule has 0 unspecified atom stereocenters. The highest BCUT2D eigenvalue weighted by atomic mass is 32.2. The average Bonchev–Trinajstić information content (AvgIpc) is 2.79. The highest BCUT2D eigenvalue weighted by Crippen LogP contribution is 2.22. The first-order chi connectivity index (χ1) is 15.4. The van der Waals surface area contributed by atoms with E-state index in [-0.39, 0.29) is 24.0 Å². The number of anilines is 1. The summed E-state index contributed by atoms with van der Waals surface area (Å²) in [6.07, 6.45) is 0.310. The molecule has 0 bridgehead atoms. The smallest absolute Gasteiger partial charge is 0.262 e. The van der Waals surface area contributed by atoms with E-state index in [0.29, 0.717) is 23.4 Å². The molecule has 3 rings (SSSR count). The SMILES string of the molecule is Cc1cc(S(=O)(=O)NCc2ccccc2)ccc1OCC(=O)Nc1ccc(CC#N)cc1. The minimum atomic E-state index is -3.68. The standard InChI is InChI=1S/C24H23N3O4S/c1-18-15-22(32(29,30)26-16-20-5-3-2-4-6-20)11-12-23(18)31-17-24(28)27-21-9-7-19(8-10-21)13-14-25/h2-12,15,26H,13,16-17H2,1H3,(H,27,28). The molecule has 0 aliphatic carbocycles. The van der Waals surface area contributed by atoms with Crippen LogP contribution in [0, 0.1) is 18.3 Å². The van der Waals surface area contributed by atoms with Crippen molar-refractivity contribution < 1.29 is 17.9 Å². The number of hydrogen-bond acceptors (Lipinski definition) is 5. The fraction of sp³-hybridized carbons (Fsp3) is 0.167. The van der Waals surface area contributed by atoms with Crippen LogP contribution >= 0.6 is 0 Å². The van der Waals surface area contributed by atoms with Crippen LogP contribution in [0.1, 0.15) is 16.7 Å². The maximum atomic E-state index is 12.6. The summed E-state index contributed by atoms with van der Waals surface area (Å²) in [5.41, 5.74) is 2.92. The van der Waals surface area contributed by atoms with Gasteiger partial charge in [-0.05, 0) is 53.9 Å². The van der Waals surface area contributed by atoms with E-state index in [9.17, 15) is 13.2 Å². The van der Waals surface area contributed by atoms with Crippen LogP contribution in [0.4, 0.5) is 5.69 Å². The summed E-state index contributed by atoms with van der Waals surface area (Å²) in [5.74, 6) is 0.0742. The van der Waals surface area contributed by atoms with E-state index < -0.39 is 10.0 Å². The lowest BCUT2D eigenvalue weighted by molar-refractivity contribution is -0.118. The molecule has 164 valence electrons. The van der Waals surface area contributed by atoms with Gasteiger partial charge in [-0.25, -0.2) is 13.1 Å². The normalized spacial score (nSPS) is 10.9. The van der Waals surface area contributed by atoms with Gasteiger partial charge in [0.25, 0.3) is 5.91 Å². The number of nitriles is 1. The summed E-state index contributed by atoms with van der Waals surface area (Å²) in [7, 11) is -3.68. The first-order valence-electron chi connectivity index (χ1n) is 9.90. The second kappa shape index (κ2) is 10.6.